The number of imidazole rings is 2. The number of rotatable bonds is 6. The standard InChI is InChI=1S/C35H24N10.Pt/c1-35(2,29-13-25(23-9-5-3-6-10-23)15-31(42-29)44-21-40-27-17-36-19-38-33(27)44)30-14-26(24-11-7-4-8-12-24)16-32(43-30)45-22-41-28-18-37-20-39-34(28)45;/h3-20H,1-2H3;/q-2;+2. The van der Waals surface area contributed by atoms with Crippen molar-refractivity contribution >= 4 is 22.3 Å². The van der Waals surface area contributed by atoms with E-state index in [4.69, 9.17) is 9.97 Å². The topological polar surface area (TPSA) is 113 Å². The van der Waals surface area contributed by atoms with Gasteiger partial charge < -0.3 is 19.1 Å². The van der Waals surface area contributed by atoms with Gasteiger partial charge in [0.15, 0.2) is 0 Å². The molecule has 0 bridgehead atoms. The predicted octanol–water partition coefficient (Wildman–Crippen LogP) is 5.99. The van der Waals surface area contributed by atoms with Crippen LogP contribution in [-0.4, -0.2) is 49.0 Å². The average Bonchev–Trinajstić information content (AvgIpc) is 3.74. The molecule has 0 saturated heterocycles. The molecule has 0 fully saturated rings. The van der Waals surface area contributed by atoms with Crippen LogP contribution in [0.15, 0.2) is 110 Å². The summed E-state index contributed by atoms with van der Waals surface area (Å²) >= 11 is 0. The van der Waals surface area contributed by atoms with Crippen molar-refractivity contribution in [2.24, 2.45) is 0 Å². The van der Waals surface area contributed by atoms with Crippen molar-refractivity contribution in [2.75, 3.05) is 0 Å². The molecule has 0 spiro atoms. The molecule has 0 radical (unpaired) electrons. The molecule has 0 unspecified atom stereocenters. The maximum Gasteiger partial charge on any atom is 2.00 e. The summed E-state index contributed by atoms with van der Waals surface area (Å²) in [7, 11) is 0. The first-order chi connectivity index (χ1) is 22.0. The van der Waals surface area contributed by atoms with E-state index in [2.05, 4.69) is 92.8 Å². The summed E-state index contributed by atoms with van der Waals surface area (Å²) in [5.41, 5.74) is 7.62. The third kappa shape index (κ3) is 5.16. The third-order valence-electron chi connectivity index (χ3n) is 7.89. The molecule has 8 rings (SSSR count). The number of pyridine rings is 2. The first-order valence-corrected chi connectivity index (χ1v) is 14.3. The Bertz CT molecular complexity index is 2150. The molecule has 2 aromatic carbocycles. The maximum atomic E-state index is 5.19. The van der Waals surface area contributed by atoms with Gasteiger partial charge in [0.05, 0.1) is 11.6 Å². The summed E-state index contributed by atoms with van der Waals surface area (Å²) in [6, 6.07) is 28.8. The molecular formula is C35H24N10Pt. The van der Waals surface area contributed by atoms with Gasteiger partial charge in [0.25, 0.3) is 0 Å². The fraction of sp³-hybridized carbons (Fsp3) is 0.0857. The summed E-state index contributed by atoms with van der Waals surface area (Å²) in [6.45, 7) is 4.26. The SMILES string of the molecule is CC(C)(c1cc(-c2ccccc2)cc(-n2[c-]nc3cncnc32)n1)c1cc(-c2ccccc2)cc(-n2[c-]nc3cncnc32)n1.[Pt+2]. The minimum absolute atomic E-state index is 0. The van der Waals surface area contributed by atoms with E-state index in [-0.39, 0.29) is 21.1 Å². The monoisotopic (exact) mass is 779 g/mol. The second-order valence-electron chi connectivity index (χ2n) is 11.1. The van der Waals surface area contributed by atoms with Gasteiger partial charge in [-0.05, 0) is 48.2 Å². The molecule has 6 aromatic heterocycles. The molecule has 6 heterocycles. The zero-order valence-electron chi connectivity index (χ0n) is 24.7. The number of nitrogens with zero attached hydrogens (tertiary/aromatic N) is 10. The van der Waals surface area contributed by atoms with Crippen molar-refractivity contribution in [1.29, 1.82) is 0 Å². The zero-order valence-corrected chi connectivity index (χ0v) is 27.0. The number of aromatic nitrogens is 10. The van der Waals surface area contributed by atoms with E-state index in [0.29, 0.717) is 34.0 Å². The molecule has 46 heavy (non-hydrogen) atoms. The van der Waals surface area contributed by atoms with Gasteiger partial charge in [0, 0.05) is 64.2 Å². The second kappa shape index (κ2) is 11.8. The van der Waals surface area contributed by atoms with Gasteiger partial charge in [-0.25, -0.2) is 0 Å². The summed E-state index contributed by atoms with van der Waals surface area (Å²) in [5, 5.41) is 0. The maximum absolute atomic E-state index is 5.19. The number of fused-ring (bicyclic) bond motifs is 2. The Kier molecular flexibility index (Phi) is 7.50. The predicted molar refractivity (Wildman–Crippen MR) is 170 cm³/mol. The molecule has 0 aliphatic carbocycles. The summed E-state index contributed by atoms with van der Waals surface area (Å²) in [4.78, 5) is 36.3. The van der Waals surface area contributed by atoms with E-state index >= 15 is 0 Å². The average molecular weight is 780 g/mol. The Balaban J connectivity index is 0.00000338. The van der Waals surface area contributed by atoms with Gasteiger partial charge >= 0.3 is 21.1 Å². The molecule has 0 aliphatic rings. The van der Waals surface area contributed by atoms with Crippen molar-refractivity contribution in [1.82, 2.24) is 49.0 Å². The van der Waals surface area contributed by atoms with Crippen LogP contribution in [0.5, 0.6) is 0 Å². The van der Waals surface area contributed by atoms with Crippen molar-refractivity contribution in [3.8, 4) is 33.9 Å². The van der Waals surface area contributed by atoms with Crippen LogP contribution >= 0.6 is 0 Å². The summed E-state index contributed by atoms with van der Waals surface area (Å²) in [5.74, 6) is 1.29. The molecule has 8 aromatic rings. The summed E-state index contributed by atoms with van der Waals surface area (Å²) < 4.78 is 3.54. The van der Waals surface area contributed by atoms with E-state index in [1.54, 1.807) is 21.5 Å². The minimum atomic E-state index is -0.657. The van der Waals surface area contributed by atoms with Crippen LogP contribution in [-0.2, 0) is 26.5 Å². The summed E-state index contributed by atoms with van der Waals surface area (Å²) in [6.07, 6.45) is 12.5. The number of hydrogen-bond acceptors (Lipinski definition) is 8. The van der Waals surface area contributed by atoms with Gasteiger partial charge in [0.2, 0.25) is 0 Å². The Labute approximate surface area is 278 Å². The van der Waals surface area contributed by atoms with Gasteiger partial charge in [-0.2, -0.15) is 0 Å². The van der Waals surface area contributed by atoms with E-state index in [1.165, 1.54) is 12.7 Å². The fourth-order valence-electron chi connectivity index (χ4n) is 5.38. The van der Waals surface area contributed by atoms with E-state index in [1.807, 2.05) is 48.5 Å². The van der Waals surface area contributed by atoms with Crippen LogP contribution in [0.2, 0.25) is 0 Å². The van der Waals surface area contributed by atoms with Crippen LogP contribution in [0.1, 0.15) is 25.2 Å². The molecule has 0 N–H and O–H groups in total. The van der Waals surface area contributed by atoms with Crippen LogP contribution in [0, 0.1) is 12.7 Å². The molecule has 0 aliphatic heterocycles. The third-order valence-corrected chi connectivity index (χ3v) is 7.89. The van der Waals surface area contributed by atoms with Crippen molar-refractivity contribution in [2.45, 2.75) is 19.3 Å². The Hall–Kier alpha value is -5.47. The van der Waals surface area contributed by atoms with E-state index in [0.717, 1.165) is 33.6 Å². The largest absolute Gasteiger partial charge is 2.00 e. The van der Waals surface area contributed by atoms with E-state index in [9.17, 15) is 0 Å². The van der Waals surface area contributed by atoms with Gasteiger partial charge in [-0.15, -0.1) is 0 Å². The Morgan fingerprint density at radius 2 is 1.00 bits per heavy atom. The molecule has 224 valence electrons. The fourth-order valence-corrected chi connectivity index (χ4v) is 5.38. The van der Waals surface area contributed by atoms with Crippen LogP contribution in [0.3, 0.4) is 0 Å². The molecule has 11 heteroatoms. The molecule has 10 nitrogen and oxygen atoms in total. The van der Waals surface area contributed by atoms with Crippen LogP contribution in [0.25, 0.3) is 56.2 Å². The Morgan fingerprint density at radius 1 is 0.565 bits per heavy atom. The Morgan fingerprint density at radius 3 is 1.43 bits per heavy atom. The minimum Gasteiger partial charge on any atom is -0.396 e. The number of benzene rings is 2. The molecule has 0 amide bonds. The van der Waals surface area contributed by atoms with Gasteiger partial charge in [-0.3, -0.25) is 29.9 Å². The first-order valence-electron chi connectivity index (χ1n) is 14.3. The second-order valence-corrected chi connectivity index (χ2v) is 11.1. The quantitative estimate of drug-likeness (QED) is 0.189. The molecule has 0 atom stereocenters. The smallest absolute Gasteiger partial charge is 0.396 e. The van der Waals surface area contributed by atoms with Crippen LogP contribution < -0.4 is 0 Å². The zero-order chi connectivity index (χ0) is 30.4. The first kappa shape index (κ1) is 29.3. The number of hydrogen-bond donors (Lipinski definition) is 0. The van der Waals surface area contributed by atoms with E-state index < -0.39 is 5.41 Å². The van der Waals surface area contributed by atoms with Crippen molar-refractivity contribution in [3.05, 3.63) is 134 Å². The van der Waals surface area contributed by atoms with Crippen molar-refractivity contribution < 1.29 is 21.1 Å². The van der Waals surface area contributed by atoms with Crippen molar-refractivity contribution in [3.63, 3.8) is 0 Å². The molecule has 0 saturated carbocycles. The van der Waals surface area contributed by atoms with Gasteiger partial charge in [-0.1, -0.05) is 72.8 Å². The molecular weight excluding hydrogens is 756 g/mol. The van der Waals surface area contributed by atoms with Crippen LogP contribution in [0.4, 0.5) is 0 Å². The normalized spacial score (nSPS) is 11.5. The van der Waals surface area contributed by atoms with Gasteiger partial charge in [0.1, 0.15) is 12.7 Å².